The van der Waals surface area contributed by atoms with E-state index < -0.39 is 11.7 Å². The van der Waals surface area contributed by atoms with Crippen molar-refractivity contribution in [2.45, 2.75) is 42.5 Å². The summed E-state index contributed by atoms with van der Waals surface area (Å²) in [4.78, 5) is 0. The third-order valence-corrected chi connectivity index (χ3v) is 4.78. The normalized spacial score (nSPS) is 43.0. The molecular formula is C12H18O5SU2-2. The zero-order chi connectivity index (χ0) is 13.3. The Hall–Kier alpha value is 2.25. The van der Waals surface area contributed by atoms with Crippen molar-refractivity contribution >= 4 is 11.8 Å². The van der Waals surface area contributed by atoms with Gasteiger partial charge in [-0.2, -0.15) is 6.61 Å². The van der Waals surface area contributed by atoms with Crippen molar-refractivity contribution in [1.82, 2.24) is 0 Å². The van der Waals surface area contributed by atoms with Crippen molar-refractivity contribution in [2.75, 3.05) is 19.2 Å². The summed E-state index contributed by atoms with van der Waals surface area (Å²) in [7, 11) is 0. The van der Waals surface area contributed by atoms with Gasteiger partial charge < -0.3 is 24.1 Å². The fraction of sp³-hybridized carbons (Fsp3) is 0.833. The minimum atomic E-state index is -0.504. The van der Waals surface area contributed by atoms with Gasteiger partial charge in [0.15, 0.2) is 0 Å². The van der Waals surface area contributed by atoms with Crippen molar-refractivity contribution in [3.8, 4) is 0 Å². The SMILES string of the molecule is [2H]C[C@@]12CO[C@@H]([CH-]O1)[C@@H]2SCOC[C@H]1O[CH-]C[C@@H]1O.[U].[U]. The molecule has 3 aliphatic heterocycles. The molecule has 112 valence electrons. The first-order valence-electron chi connectivity index (χ1n) is 6.72. The van der Waals surface area contributed by atoms with Crippen LogP contribution in [0.15, 0.2) is 0 Å². The molecule has 0 saturated carbocycles. The van der Waals surface area contributed by atoms with Crippen LogP contribution in [0.5, 0.6) is 0 Å². The summed E-state index contributed by atoms with van der Waals surface area (Å²) in [5.74, 6) is 0.482. The molecular weight excluding hydrogens is 732 g/mol. The summed E-state index contributed by atoms with van der Waals surface area (Å²) in [6, 6.07) is 0. The van der Waals surface area contributed by atoms with Crippen LogP contribution in [0.3, 0.4) is 0 Å². The second kappa shape index (κ2) is 8.93. The molecule has 0 aromatic carbocycles. The Labute approximate surface area is 172 Å². The first-order valence-corrected chi connectivity index (χ1v) is 7.06. The summed E-state index contributed by atoms with van der Waals surface area (Å²) >= 11 is 1.60. The van der Waals surface area contributed by atoms with E-state index in [-0.39, 0.29) is 86.6 Å². The summed E-state index contributed by atoms with van der Waals surface area (Å²) in [5, 5.41) is 9.68. The van der Waals surface area contributed by atoms with Crippen LogP contribution in [0.4, 0.5) is 0 Å². The molecule has 5 nitrogen and oxygen atoms in total. The van der Waals surface area contributed by atoms with E-state index in [1.807, 2.05) is 0 Å². The maximum Gasteiger partial charge on any atom is 0.0925 e. The molecule has 3 heterocycles. The summed E-state index contributed by atoms with van der Waals surface area (Å²) in [5.41, 5.74) is -0.504. The van der Waals surface area contributed by atoms with Gasteiger partial charge in [-0.25, -0.2) is 6.61 Å². The largest absolute Gasteiger partial charge is 0.546 e. The molecule has 0 unspecified atom stereocenters. The molecule has 0 aromatic rings. The van der Waals surface area contributed by atoms with Crippen LogP contribution in [0.2, 0.25) is 0 Å². The van der Waals surface area contributed by atoms with Gasteiger partial charge in [0.1, 0.15) is 0 Å². The van der Waals surface area contributed by atoms with Crippen molar-refractivity contribution in [2.24, 2.45) is 0 Å². The van der Waals surface area contributed by atoms with Crippen LogP contribution in [-0.2, 0) is 18.9 Å². The van der Waals surface area contributed by atoms with E-state index in [0.717, 1.165) is 0 Å². The van der Waals surface area contributed by atoms with E-state index >= 15 is 0 Å². The monoisotopic (exact) mass is 751 g/mol. The molecule has 0 amide bonds. The standard InChI is InChI=1S/C12H18O5S.2U/c1-12-6-16-10(5-17-12)11(12)18-7-14-4-9-8(13)2-3-15-9;;/h3,5,8-11,13H,2,4,6-7H2,1H3;;/q-2;;/t8-,9+,10-,11-,12-;;/m0../s1/i1D;;. The number of aliphatic hydroxyl groups excluding tert-OH is 1. The Morgan fingerprint density at radius 3 is 3.00 bits per heavy atom. The van der Waals surface area contributed by atoms with Gasteiger partial charge in [-0.3, -0.25) is 0 Å². The van der Waals surface area contributed by atoms with Crippen LogP contribution in [0.1, 0.15) is 14.7 Å². The number of rotatable bonds is 5. The molecule has 3 saturated heterocycles. The fourth-order valence-electron chi connectivity index (χ4n) is 2.32. The number of fused-ring (bicyclic) bond motifs is 2. The molecule has 5 atom stereocenters. The Morgan fingerprint density at radius 1 is 1.55 bits per heavy atom. The van der Waals surface area contributed by atoms with E-state index in [1.54, 1.807) is 25.0 Å². The maximum absolute atomic E-state index is 9.56. The average Bonchev–Trinajstić information content (AvgIpc) is 3.09. The Morgan fingerprint density at radius 2 is 2.40 bits per heavy atom. The molecule has 2 bridgehead atoms. The Balaban J connectivity index is 0.00000110. The number of thioether (sulfide) groups is 1. The van der Waals surface area contributed by atoms with Crippen molar-refractivity contribution in [3.63, 3.8) is 0 Å². The number of ether oxygens (including phenoxy) is 4. The topological polar surface area (TPSA) is 57.2 Å². The van der Waals surface area contributed by atoms with Gasteiger partial charge in [-0.15, -0.1) is 18.2 Å². The summed E-state index contributed by atoms with van der Waals surface area (Å²) < 4.78 is 29.5. The van der Waals surface area contributed by atoms with Gasteiger partial charge in [-0.05, 0) is 13.0 Å². The number of hydrogen-bond donors (Lipinski definition) is 1. The molecule has 3 rings (SSSR count). The molecule has 3 aliphatic rings. The van der Waals surface area contributed by atoms with Crippen LogP contribution in [0.25, 0.3) is 0 Å². The maximum atomic E-state index is 9.56. The third-order valence-electron chi connectivity index (χ3n) is 3.42. The zero-order valence-electron chi connectivity index (χ0n) is 12.0. The molecule has 0 radical (unpaired) electrons. The predicted octanol–water partition coefficient (Wildman–Crippen LogP) is 0.723. The first kappa shape index (κ1) is 18.6. The first-order chi connectivity index (χ1) is 9.25. The van der Waals surface area contributed by atoms with Crippen LogP contribution in [0, 0.1) is 75.4 Å². The minimum absolute atomic E-state index is 0. The van der Waals surface area contributed by atoms with Gasteiger partial charge in [0.05, 0.1) is 37.0 Å². The molecule has 1 N–H and O–H groups in total. The molecule has 0 aromatic heterocycles. The van der Waals surface area contributed by atoms with Crippen molar-refractivity contribution in [3.05, 3.63) is 13.2 Å². The minimum Gasteiger partial charge on any atom is -0.546 e. The molecule has 8 heteroatoms. The van der Waals surface area contributed by atoms with E-state index in [4.69, 9.17) is 20.3 Å². The third kappa shape index (κ3) is 4.41. The predicted molar refractivity (Wildman–Crippen MR) is 65.5 cm³/mol. The quantitative estimate of drug-likeness (QED) is 0.254. The molecule has 20 heavy (non-hydrogen) atoms. The molecule has 3 fully saturated rings. The van der Waals surface area contributed by atoms with E-state index in [9.17, 15) is 5.11 Å². The van der Waals surface area contributed by atoms with Crippen LogP contribution in [-0.4, -0.2) is 53.4 Å². The summed E-state index contributed by atoms with van der Waals surface area (Å²) in [6.07, 6.45) is -0.206. The summed E-state index contributed by atoms with van der Waals surface area (Å²) in [6.45, 7) is 4.36. The van der Waals surface area contributed by atoms with Gasteiger partial charge in [0.2, 0.25) is 0 Å². The van der Waals surface area contributed by atoms with E-state index in [2.05, 4.69) is 0 Å². The van der Waals surface area contributed by atoms with Crippen LogP contribution < -0.4 is 0 Å². The molecule has 0 spiro atoms. The Kier molecular flexibility index (Phi) is 8.30. The Bertz CT molecular complexity index is 320. The second-order valence-corrected chi connectivity index (χ2v) is 5.89. The second-order valence-electron chi connectivity index (χ2n) is 4.81. The average molecular weight is 751 g/mol. The van der Waals surface area contributed by atoms with Crippen molar-refractivity contribution < 1.29 is 87.7 Å². The van der Waals surface area contributed by atoms with Gasteiger partial charge in [0, 0.05) is 68.8 Å². The fourth-order valence-corrected chi connectivity index (χ4v) is 3.42. The van der Waals surface area contributed by atoms with Gasteiger partial charge >= 0.3 is 0 Å². The zero-order valence-corrected chi connectivity index (χ0v) is 20.1. The van der Waals surface area contributed by atoms with Gasteiger partial charge in [-0.1, -0.05) is 0 Å². The number of aliphatic hydroxyl groups is 1. The molecule has 0 aliphatic carbocycles. The smallest absolute Gasteiger partial charge is 0.0925 e. The van der Waals surface area contributed by atoms with E-state index in [0.29, 0.717) is 25.6 Å². The van der Waals surface area contributed by atoms with Crippen molar-refractivity contribution in [1.29, 1.82) is 0 Å². The number of hydrogen-bond acceptors (Lipinski definition) is 6. The van der Waals surface area contributed by atoms with E-state index in [1.165, 1.54) is 0 Å². The van der Waals surface area contributed by atoms with Gasteiger partial charge in [0.25, 0.3) is 0 Å². The van der Waals surface area contributed by atoms with Crippen LogP contribution >= 0.6 is 11.8 Å².